The van der Waals surface area contributed by atoms with Gasteiger partial charge in [0.2, 0.25) is 5.91 Å². The second kappa shape index (κ2) is 7.11. The molecule has 1 rings (SSSR count). The number of carbonyl (C=O) groups excluding carboxylic acids is 1. The number of alkyl halides is 3. The number of amides is 1. The van der Waals surface area contributed by atoms with E-state index in [1.807, 2.05) is 0 Å². The third-order valence-electron chi connectivity index (χ3n) is 2.33. The van der Waals surface area contributed by atoms with Gasteiger partial charge in [0.1, 0.15) is 5.75 Å². The summed E-state index contributed by atoms with van der Waals surface area (Å²) in [7, 11) is 1.49. The van der Waals surface area contributed by atoms with Gasteiger partial charge in [-0.3, -0.25) is 4.79 Å². The average molecular weight is 292 g/mol. The summed E-state index contributed by atoms with van der Waals surface area (Å²) in [5, 5.41) is 2.48. The van der Waals surface area contributed by atoms with E-state index in [9.17, 15) is 18.0 Å². The topological polar surface area (TPSA) is 73.6 Å². The summed E-state index contributed by atoms with van der Waals surface area (Å²) < 4.78 is 44.4. The molecule has 112 valence electrons. The van der Waals surface area contributed by atoms with Crippen molar-refractivity contribution < 1.29 is 27.4 Å². The lowest BCUT2D eigenvalue weighted by Crippen LogP contribution is -2.36. The van der Waals surface area contributed by atoms with E-state index >= 15 is 0 Å². The zero-order chi connectivity index (χ0) is 15.2. The number of ether oxygens (including phenoxy) is 2. The van der Waals surface area contributed by atoms with E-state index in [-0.39, 0.29) is 5.75 Å². The van der Waals surface area contributed by atoms with Gasteiger partial charge >= 0.3 is 6.36 Å². The third kappa shape index (κ3) is 5.89. The Labute approximate surface area is 113 Å². The van der Waals surface area contributed by atoms with E-state index in [0.717, 1.165) is 12.1 Å². The molecule has 0 fully saturated rings. The Bertz CT molecular complexity index is 435. The number of nitrogens with two attached hydrogens (primary N) is 1. The summed E-state index contributed by atoms with van der Waals surface area (Å²) in [6, 6.07) is 4.04. The van der Waals surface area contributed by atoms with Crippen LogP contribution in [-0.2, 0) is 9.53 Å². The first kappa shape index (κ1) is 16.3. The van der Waals surface area contributed by atoms with E-state index in [4.69, 9.17) is 10.5 Å². The van der Waals surface area contributed by atoms with Crippen molar-refractivity contribution in [3.63, 3.8) is 0 Å². The van der Waals surface area contributed by atoms with Crippen molar-refractivity contribution in [2.75, 3.05) is 19.0 Å². The first-order valence-corrected chi connectivity index (χ1v) is 5.73. The van der Waals surface area contributed by atoms with E-state index in [1.165, 1.54) is 19.2 Å². The number of nitrogens with one attached hydrogen (secondary N) is 1. The number of halogens is 3. The summed E-state index contributed by atoms with van der Waals surface area (Å²) in [6.07, 6.45) is -4.40. The Morgan fingerprint density at radius 3 is 2.45 bits per heavy atom. The van der Waals surface area contributed by atoms with Crippen LogP contribution in [0, 0.1) is 0 Å². The molecule has 0 aromatic heterocycles. The highest BCUT2D eigenvalue weighted by Crippen LogP contribution is 2.23. The molecule has 0 spiro atoms. The van der Waals surface area contributed by atoms with Crippen LogP contribution < -0.4 is 15.8 Å². The molecular formula is C12H15F3N2O3. The summed E-state index contributed by atoms with van der Waals surface area (Å²) in [4.78, 5) is 11.6. The summed E-state index contributed by atoms with van der Waals surface area (Å²) >= 11 is 0. The monoisotopic (exact) mass is 292 g/mol. The molecule has 3 N–H and O–H groups in total. The van der Waals surface area contributed by atoms with Crippen LogP contribution in [-0.4, -0.2) is 32.0 Å². The van der Waals surface area contributed by atoms with E-state index in [2.05, 4.69) is 10.1 Å². The van der Waals surface area contributed by atoms with Crippen LogP contribution in [0.25, 0.3) is 0 Å². The minimum absolute atomic E-state index is 0.331. The second-order valence-electron chi connectivity index (χ2n) is 3.95. The summed E-state index contributed by atoms with van der Waals surface area (Å²) in [5.41, 5.74) is 5.93. The van der Waals surface area contributed by atoms with Crippen LogP contribution in [0.15, 0.2) is 24.3 Å². The Balaban J connectivity index is 2.55. The minimum Gasteiger partial charge on any atom is -0.406 e. The number of methoxy groups -OCH3 is 1. The second-order valence-corrected chi connectivity index (χ2v) is 3.95. The van der Waals surface area contributed by atoms with Crippen molar-refractivity contribution in [1.82, 2.24) is 0 Å². The first-order chi connectivity index (χ1) is 9.31. The maximum atomic E-state index is 12.0. The van der Waals surface area contributed by atoms with Gasteiger partial charge in [0.05, 0.1) is 6.04 Å². The number of hydrogen-bond acceptors (Lipinski definition) is 4. The van der Waals surface area contributed by atoms with Crippen molar-refractivity contribution in [3.8, 4) is 5.75 Å². The Morgan fingerprint density at radius 1 is 1.35 bits per heavy atom. The SMILES string of the molecule is COCCC(N)C(=O)Nc1ccc(OC(F)(F)F)cc1. The Hall–Kier alpha value is -1.80. The maximum absolute atomic E-state index is 12.0. The molecule has 1 unspecified atom stereocenters. The van der Waals surface area contributed by atoms with Crippen molar-refractivity contribution in [3.05, 3.63) is 24.3 Å². The molecule has 1 amide bonds. The van der Waals surface area contributed by atoms with Gasteiger partial charge in [-0.05, 0) is 30.7 Å². The van der Waals surface area contributed by atoms with Gasteiger partial charge in [-0.25, -0.2) is 0 Å². The zero-order valence-electron chi connectivity index (χ0n) is 10.7. The van der Waals surface area contributed by atoms with Crippen molar-refractivity contribution in [1.29, 1.82) is 0 Å². The standard InChI is InChI=1S/C12H15F3N2O3/c1-19-7-6-10(16)11(18)17-8-2-4-9(5-3-8)20-12(13,14)15/h2-5,10H,6-7,16H2,1H3,(H,17,18). The Morgan fingerprint density at radius 2 is 1.95 bits per heavy atom. The third-order valence-corrected chi connectivity index (χ3v) is 2.33. The lowest BCUT2D eigenvalue weighted by Gasteiger charge is -2.12. The molecule has 1 aromatic rings. The maximum Gasteiger partial charge on any atom is 0.573 e. The average Bonchev–Trinajstić information content (AvgIpc) is 2.36. The molecule has 5 nitrogen and oxygen atoms in total. The van der Waals surface area contributed by atoms with Crippen LogP contribution in [0.1, 0.15) is 6.42 Å². The highest BCUT2D eigenvalue weighted by atomic mass is 19.4. The highest BCUT2D eigenvalue weighted by Gasteiger charge is 2.30. The number of benzene rings is 1. The molecular weight excluding hydrogens is 277 g/mol. The molecule has 0 bridgehead atoms. The first-order valence-electron chi connectivity index (χ1n) is 5.73. The van der Waals surface area contributed by atoms with Crippen LogP contribution >= 0.6 is 0 Å². The highest BCUT2D eigenvalue weighted by molar-refractivity contribution is 5.94. The number of hydrogen-bond donors (Lipinski definition) is 2. The molecule has 0 heterocycles. The number of rotatable bonds is 6. The molecule has 0 aliphatic heterocycles. The lowest BCUT2D eigenvalue weighted by molar-refractivity contribution is -0.274. The fourth-order valence-electron chi connectivity index (χ4n) is 1.35. The van der Waals surface area contributed by atoms with Gasteiger partial charge in [-0.15, -0.1) is 13.2 Å². The van der Waals surface area contributed by atoms with Gasteiger partial charge in [0.25, 0.3) is 0 Å². The quantitative estimate of drug-likeness (QED) is 0.839. The van der Waals surface area contributed by atoms with E-state index < -0.39 is 18.3 Å². The molecule has 0 aliphatic rings. The van der Waals surface area contributed by atoms with Gasteiger partial charge in [0.15, 0.2) is 0 Å². The van der Waals surface area contributed by atoms with E-state index in [1.54, 1.807) is 0 Å². The van der Waals surface area contributed by atoms with Crippen molar-refractivity contribution >= 4 is 11.6 Å². The van der Waals surface area contributed by atoms with Gasteiger partial charge in [0, 0.05) is 19.4 Å². The van der Waals surface area contributed by atoms with Crippen LogP contribution in [0.2, 0.25) is 0 Å². The van der Waals surface area contributed by atoms with Gasteiger partial charge in [-0.1, -0.05) is 0 Å². The fourth-order valence-corrected chi connectivity index (χ4v) is 1.35. The van der Waals surface area contributed by atoms with Crippen LogP contribution in [0.3, 0.4) is 0 Å². The molecule has 0 aliphatic carbocycles. The van der Waals surface area contributed by atoms with Gasteiger partial charge in [-0.2, -0.15) is 0 Å². The predicted molar refractivity (Wildman–Crippen MR) is 66.2 cm³/mol. The molecule has 20 heavy (non-hydrogen) atoms. The molecule has 0 saturated heterocycles. The number of carbonyl (C=O) groups is 1. The molecule has 1 atom stereocenters. The molecule has 1 aromatic carbocycles. The van der Waals surface area contributed by atoms with E-state index in [0.29, 0.717) is 18.7 Å². The molecule has 0 saturated carbocycles. The van der Waals surface area contributed by atoms with Gasteiger partial charge < -0.3 is 20.5 Å². The summed E-state index contributed by atoms with van der Waals surface area (Å²) in [5.74, 6) is -0.800. The predicted octanol–water partition coefficient (Wildman–Crippen LogP) is 1.89. The van der Waals surface area contributed by atoms with Crippen LogP contribution in [0.5, 0.6) is 5.75 Å². The zero-order valence-corrected chi connectivity index (χ0v) is 10.7. The van der Waals surface area contributed by atoms with Crippen molar-refractivity contribution in [2.45, 2.75) is 18.8 Å². The van der Waals surface area contributed by atoms with Crippen molar-refractivity contribution in [2.24, 2.45) is 5.73 Å². The largest absolute Gasteiger partial charge is 0.573 e. The normalized spacial score (nSPS) is 12.8. The summed E-state index contributed by atoms with van der Waals surface area (Å²) in [6.45, 7) is 0.340. The van der Waals surface area contributed by atoms with Crippen LogP contribution in [0.4, 0.5) is 18.9 Å². The number of anilines is 1. The fraction of sp³-hybridized carbons (Fsp3) is 0.417. The minimum atomic E-state index is -4.74. The smallest absolute Gasteiger partial charge is 0.406 e. The lowest BCUT2D eigenvalue weighted by atomic mass is 10.2. The molecule has 8 heteroatoms. The Kier molecular flexibility index (Phi) is 5.78. The molecule has 0 radical (unpaired) electrons.